The second-order valence-electron chi connectivity index (χ2n) is 7.17. The maximum absolute atomic E-state index is 12.9. The summed E-state index contributed by atoms with van der Waals surface area (Å²) in [5, 5.41) is 8.71. The molecule has 11 heteroatoms. The zero-order valence-electron chi connectivity index (χ0n) is 17.6. The van der Waals surface area contributed by atoms with Gasteiger partial charge in [0.25, 0.3) is 0 Å². The first-order valence-electron chi connectivity index (χ1n) is 9.96. The number of nitrogens with zero attached hydrogens (tertiary/aromatic N) is 6. The fourth-order valence-corrected chi connectivity index (χ4v) is 4.21. The molecule has 0 bridgehead atoms. The van der Waals surface area contributed by atoms with Gasteiger partial charge in [-0.1, -0.05) is 18.2 Å². The van der Waals surface area contributed by atoms with Crippen LogP contribution < -0.4 is 0 Å². The Labute approximate surface area is 195 Å². The molecule has 0 saturated carbocycles. The summed E-state index contributed by atoms with van der Waals surface area (Å²) in [7, 11) is 1.83. The van der Waals surface area contributed by atoms with Gasteiger partial charge < -0.3 is 8.98 Å². The summed E-state index contributed by atoms with van der Waals surface area (Å²) in [5.74, 6) is 1.01. The molecule has 34 heavy (non-hydrogen) atoms. The van der Waals surface area contributed by atoms with E-state index in [1.165, 1.54) is 24.2 Å². The number of halogens is 3. The molecule has 0 radical (unpaired) electrons. The van der Waals surface area contributed by atoms with Crippen LogP contribution in [0.4, 0.5) is 13.2 Å². The third-order valence-corrected chi connectivity index (χ3v) is 6.08. The molecule has 170 valence electrons. The molecule has 4 aromatic heterocycles. The van der Waals surface area contributed by atoms with Gasteiger partial charge in [0.1, 0.15) is 21.4 Å². The summed E-state index contributed by atoms with van der Waals surface area (Å²) in [5.41, 5.74) is 2.07. The number of alkyl halides is 3. The Morgan fingerprint density at radius 3 is 2.35 bits per heavy atom. The van der Waals surface area contributed by atoms with E-state index in [9.17, 15) is 13.2 Å². The maximum Gasteiger partial charge on any atom is 0.417 e. The highest BCUT2D eigenvalue weighted by molar-refractivity contribution is 7.99. The number of rotatable bonds is 5. The summed E-state index contributed by atoms with van der Waals surface area (Å²) in [6.45, 7) is 0. The topological polar surface area (TPSA) is 82.5 Å². The molecule has 1 aromatic carbocycles. The van der Waals surface area contributed by atoms with Gasteiger partial charge in [-0.2, -0.15) is 13.2 Å². The van der Waals surface area contributed by atoms with Crippen LogP contribution in [0.5, 0.6) is 0 Å². The summed E-state index contributed by atoms with van der Waals surface area (Å²) in [6, 6.07) is 15.3. The largest absolute Gasteiger partial charge is 0.423 e. The minimum absolute atomic E-state index is 0.394. The van der Waals surface area contributed by atoms with Crippen LogP contribution in [0.1, 0.15) is 5.56 Å². The lowest BCUT2D eigenvalue weighted by atomic mass is 10.1. The summed E-state index contributed by atoms with van der Waals surface area (Å²) in [6.07, 6.45) is -0.683. The van der Waals surface area contributed by atoms with E-state index in [1.807, 2.05) is 54.1 Å². The molecule has 0 saturated heterocycles. The van der Waals surface area contributed by atoms with Gasteiger partial charge in [-0.15, -0.1) is 10.2 Å². The van der Waals surface area contributed by atoms with E-state index < -0.39 is 11.7 Å². The lowest BCUT2D eigenvalue weighted by molar-refractivity contribution is -0.137. The lowest BCUT2D eigenvalue weighted by Crippen LogP contribution is -2.05. The fraction of sp³-hybridized carbons (Fsp3) is 0.0870. The molecule has 0 atom stereocenters. The van der Waals surface area contributed by atoms with Crippen LogP contribution in [-0.2, 0) is 13.2 Å². The number of benzene rings is 1. The van der Waals surface area contributed by atoms with E-state index in [1.54, 1.807) is 6.20 Å². The minimum atomic E-state index is -4.44. The first-order valence-corrected chi connectivity index (χ1v) is 10.8. The number of hydrogen-bond donors (Lipinski definition) is 0. The zero-order valence-corrected chi connectivity index (χ0v) is 18.4. The van der Waals surface area contributed by atoms with E-state index in [0.29, 0.717) is 33.2 Å². The Morgan fingerprint density at radius 1 is 0.941 bits per heavy atom. The van der Waals surface area contributed by atoms with Gasteiger partial charge >= 0.3 is 6.18 Å². The van der Waals surface area contributed by atoms with Crippen molar-refractivity contribution in [2.24, 2.45) is 7.05 Å². The van der Waals surface area contributed by atoms with Crippen molar-refractivity contribution in [3.8, 4) is 34.2 Å². The average Bonchev–Trinajstić information content (AvgIpc) is 3.49. The van der Waals surface area contributed by atoms with Crippen molar-refractivity contribution in [3.05, 3.63) is 78.9 Å². The van der Waals surface area contributed by atoms with Gasteiger partial charge in [0.2, 0.25) is 12.3 Å². The maximum atomic E-state index is 12.9. The standard InChI is InChI=1S/C23H15F3N6OS/c1-32-20(17-4-2-3-11-27-17)30-19(14-5-7-15(8-6-14)21-31-29-13-33-21)22(32)34-18-10-9-16(12-28-18)23(24,25)26/h2-13H,1H3. The van der Waals surface area contributed by atoms with E-state index in [2.05, 4.69) is 20.2 Å². The van der Waals surface area contributed by atoms with Crippen LogP contribution in [0.2, 0.25) is 0 Å². The zero-order chi connectivity index (χ0) is 23.7. The summed E-state index contributed by atoms with van der Waals surface area (Å²) < 4.78 is 45.9. The van der Waals surface area contributed by atoms with Crippen molar-refractivity contribution in [1.29, 1.82) is 0 Å². The van der Waals surface area contributed by atoms with Crippen molar-refractivity contribution in [2.45, 2.75) is 16.2 Å². The lowest BCUT2D eigenvalue weighted by Gasteiger charge is -2.09. The first kappa shape index (κ1) is 21.8. The third kappa shape index (κ3) is 4.29. The molecule has 0 aliphatic heterocycles. The van der Waals surface area contributed by atoms with Crippen molar-refractivity contribution in [1.82, 2.24) is 29.7 Å². The van der Waals surface area contributed by atoms with Crippen LogP contribution in [0, 0.1) is 0 Å². The molecule has 0 spiro atoms. The number of pyridine rings is 2. The highest BCUT2D eigenvalue weighted by Crippen LogP contribution is 2.38. The molecule has 5 rings (SSSR count). The van der Waals surface area contributed by atoms with E-state index in [0.717, 1.165) is 23.4 Å². The molecule has 5 aromatic rings. The quantitative estimate of drug-likeness (QED) is 0.316. The normalized spacial score (nSPS) is 11.6. The van der Waals surface area contributed by atoms with E-state index in [4.69, 9.17) is 9.40 Å². The van der Waals surface area contributed by atoms with Gasteiger partial charge in [-0.25, -0.2) is 9.97 Å². The number of imidazole rings is 1. The molecule has 4 heterocycles. The average molecular weight is 480 g/mol. The molecule has 0 unspecified atom stereocenters. The Balaban J connectivity index is 1.56. The number of hydrogen-bond acceptors (Lipinski definition) is 7. The molecule has 7 nitrogen and oxygen atoms in total. The van der Waals surface area contributed by atoms with Crippen molar-refractivity contribution >= 4 is 11.8 Å². The monoisotopic (exact) mass is 480 g/mol. The minimum Gasteiger partial charge on any atom is -0.423 e. The molecule has 0 N–H and O–H groups in total. The molecular weight excluding hydrogens is 465 g/mol. The van der Waals surface area contributed by atoms with E-state index in [-0.39, 0.29) is 0 Å². The Hall–Kier alpha value is -3.99. The highest BCUT2D eigenvalue weighted by atomic mass is 32.2. The van der Waals surface area contributed by atoms with E-state index >= 15 is 0 Å². The molecular formula is C23H15F3N6OS. The molecule has 0 aliphatic rings. The Kier molecular flexibility index (Phi) is 5.62. The van der Waals surface area contributed by atoms with Gasteiger partial charge in [0.15, 0.2) is 5.82 Å². The second-order valence-corrected chi connectivity index (χ2v) is 8.18. The van der Waals surface area contributed by atoms with Crippen LogP contribution in [-0.4, -0.2) is 29.7 Å². The Bertz CT molecular complexity index is 1400. The summed E-state index contributed by atoms with van der Waals surface area (Å²) in [4.78, 5) is 13.2. The van der Waals surface area contributed by atoms with Crippen molar-refractivity contribution < 1.29 is 17.6 Å². The van der Waals surface area contributed by atoms with Gasteiger partial charge in [-0.3, -0.25) is 4.98 Å². The molecule has 0 amide bonds. The van der Waals surface area contributed by atoms with Crippen LogP contribution in [0.15, 0.2) is 87.9 Å². The molecule has 0 fully saturated rings. The fourth-order valence-electron chi connectivity index (χ4n) is 3.29. The molecule has 0 aliphatic carbocycles. The second kappa shape index (κ2) is 8.75. The van der Waals surface area contributed by atoms with Crippen LogP contribution in [0.3, 0.4) is 0 Å². The smallest absolute Gasteiger partial charge is 0.417 e. The van der Waals surface area contributed by atoms with Crippen LogP contribution in [0.25, 0.3) is 34.2 Å². The summed E-state index contributed by atoms with van der Waals surface area (Å²) >= 11 is 1.23. The predicted molar refractivity (Wildman–Crippen MR) is 119 cm³/mol. The Morgan fingerprint density at radius 2 is 1.74 bits per heavy atom. The van der Waals surface area contributed by atoms with Crippen LogP contribution >= 0.6 is 11.8 Å². The van der Waals surface area contributed by atoms with Gasteiger partial charge in [0, 0.05) is 30.6 Å². The number of aromatic nitrogens is 6. The van der Waals surface area contributed by atoms with Crippen molar-refractivity contribution in [2.75, 3.05) is 0 Å². The van der Waals surface area contributed by atoms with Crippen molar-refractivity contribution in [3.63, 3.8) is 0 Å². The van der Waals surface area contributed by atoms with Gasteiger partial charge in [0.05, 0.1) is 5.56 Å². The van der Waals surface area contributed by atoms with Gasteiger partial charge in [-0.05, 0) is 48.2 Å². The first-order chi connectivity index (χ1) is 16.4. The predicted octanol–water partition coefficient (Wildman–Crippen LogP) is 5.76. The highest BCUT2D eigenvalue weighted by Gasteiger charge is 2.31. The SMILES string of the molecule is Cn1c(-c2ccccn2)nc(-c2ccc(-c3nnco3)cc2)c1Sc1ccc(C(F)(F)F)cn1. The third-order valence-electron chi connectivity index (χ3n) is 4.97.